The molecule has 0 saturated carbocycles. The van der Waals surface area contributed by atoms with Gasteiger partial charge in [-0.3, -0.25) is 0 Å². The van der Waals surface area contributed by atoms with Gasteiger partial charge in [0.25, 0.3) is 0 Å². The maximum Gasteiger partial charge on any atom is 0.248 e. The van der Waals surface area contributed by atoms with E-state index in [1.54, 1.807) is 0 Å². The molecule has 1 aromatic carbocycles. The molecule has 0 amide bonds. The molecule has 1 aromatic heterocycles. The van der Waals surface area contributed by atoms with Crippen molar-refractivity contribution in [2.45, 2.75) is 45.6 Å². The fourth-order valence-corrected chi connectivity index (χ4v) is 2.30. The zero-order valence-electron chi connectivity index (χ0n) is 12.9. The van der Waals surface area contributed by atoms with Gasteiger partial charge < -0.3 is 14.6 Å². The minimum Gasteiger partial charge on any atom is -0.493 e. The molecule has 2 aromatic rings. The molecule has 2 heterocycles. The number of aromatic nitrogens is 2. The van der Waals surface area contributed by atoms with E-state index in [1.165, 1.54) is 5.56 Å². The third-order valence-corrected chi connectivity index (χ3v) is 3.56. The van der Waals surface area contributed by atoms with Gasteiger partial charge in [0.15, 0.2) is 5.82 Å². The second-order valence-corrected chi connectivity index (χ2v) is 6.49. The Bertz CT molecular complexity index is 643. The molecule has 1 aliphatic rings. The number of anilines is 1. The molecule has 0 spiro atoms. The molecule has 0 aliphatic carbocycles. The number of nitrogens with zero attached hydrogens (tertiary/aromatic N) is 2. The molecule has 0 unspecified atom stereocenters. The lowest BCUT2D eigenvalue weighted by Gasteiger charge is -2.13. The summed E-state index contributed by atoms with van der Waals surface area (Å²) in [7, 11) is 0. The van der Waals surface area contributed by atoms with Gasteiger partial charge in [0.1, 0.15) is 11.8 Å². The summed E-state index contributed by atoms with van der Waals surface area (Å²) in [6, 6.07) is 6.11. The van der Waals surface area contributed by atoms with Crippen LogP contribution in [0.15, 0.2) is 22.7 Å². The highest BCUT2D eigenvalue weighted by atomic mass is 16.5. The quantitative estimate of drug-likeness (QED) is 0.936. The topological polar surface area (TPSA) is 60.2 Å². The highest BCUT2D eigenvalue weighted by Crippen LogP contribution is 2.29. The Kier molecular flexibility index (Phi) is 3.35. The van der Waals surface area contributed by atoms with Crippen molar-refractivity contribution in [3.8, 4) is 5.75 Å². The van der Waals surface area contributed by atoms with Gasteiger partial charge in [-0.2, -0.15) is 4.98 Å². The predicted molar refractivity (Wildman–Crippen MR) is 80.7 cm³/mol. The molecule has 21 heavy (non-hydrogen) atoms. The van der Waals surface area contributed by atoms with Crippen molar-refractivity contribution in [1.82, 2.24) is 10.1 Å². The molecular formula is C16H21N3O2. The molecule has 1 N–H and O–H groups in total. The second-order valence-electron chi connectivity index (χ2n) is 6.49. The Morgan fingerprint density at radius 1 is 1.29 bits per heavy atom. The number of fused-ring (bicyclic) bond motifs is 1. The van der Waals surface area contributed by atoms with Gasteiger partial charge in [0.2, 0.25) is 5.89 Å². The molecule has 5 heteroatoms. The molecule has 3 rings (SSSR count). The normalized spacial score (nSPS) is 15.4. The monoisotopic (exact) mass is 287 g/mol. The molecular weight excluding hydrogens is 266 g/mol. The van der Waals surface area contributed by atoms with E-state index in [0.29, 0.717) is 5.89 Å². The molecule has 1 atom stereocenters. The van der Waals surface area contributed by atoms with E-state index in [-0.39, 0.29) is 11.5 Å². The SMILES string of the molecule is C[C@@H](Nc1ccc2c(c1)CCO2)c1nc(C(C)(C)C)no1. The van der Waals surface area contributed by atoms with Gasteiger partial charge in [-0.25, -0.2) is 0 Å². The van der Waals surface area contributed by atoms with Crippen LogP contribution >= 0.6 is 0 Å². The van der Waals surface area contributed by atoms with Crippen molar-refractivity contribution < 1.29 is 9.26 Å². The lowest BCUT2D eigenvalue weighted by atomic mass is 9.96. The van der Waals surface area contributed by atoms with Crippen LogP contribution in [0.25, 0.3) is 0 Å². The first-order valence-corrected chi connectivity index (χ1v) is 7.30. The van der Waals surface area contributed by atoms with E-state index in [0.717, 1.165) is 30.3 Å². The average Bonchev–Trinajstić information content (AvgIpc) is 3.06. The van der Waals surface area contributed by atoms with E-state index in [4.69, 9.17) is 9.26 Å². The standard InChI is InChI=1S/C16H21N3O2/c1-10(14-18-15(19-21-14)16(2,3)4)17-12-5-6-13-11(9-12)7-8-20-13/h5-6,9-10,17H,7-8H2,1-4H3/t10-/m1/s1. The fourth-order valence-electron chi connectivity index (χ4n) is 2.30. The third-order valence-electron chi connectivity index (χ3n) is 3.56. The Labute approximate surface area is 124 Å². The van der Waals surface area contributed by atoms with Crippen LogP contribution in [0.1, 0.15) is 51.0 Å². The van der Waals surface area contributed by atoms with Crippen LogP contribution in [-0.4, -0.2) is 16.7 Å². The molecule has 0 saturated heterocycles. The van der Waals surface area contributed by atoms with Crippen molar-refractivity contribution >= 4 is 5.69 Å². The lowest BCUT2D eigenvalue weighted by molar-refractivity contribution is 0.354. The Balaban J connectivity index is 1.74. The summed E-state index contributed by atoms with van der Waals surface area (Å²) in [5, 5.41) is 7.46. The summed E-state index contributed by atoms with van der Waals surface area (Å²) in [5.74, 6) is 2.33. The van der Waals surface area contributed by atoms with Crippen LogP contribution in [0, 0.1) is 0 Å². The van der Waals surface area contributed by atoms with Crippen LogP contribution in [0.4, 0.5) is 5.69 Å². The molecule has 5 nitrogen and oxygen atoms in total. The Morgan fingerprint density at radius 2 is 2.10 bits per heavy atom. The summed E-state index contributed by atoms with van der Waals surface area (Å²) < 4.78 is 10.9. The summed E-state index contributed by atoms with van der Waals surface area (Å²) in [4.78, 5) is 4.49. The Morgan fingerprint density at radius 3 is 2.81 bits per heavy atom. The predicted octanol–water partition coefficient (Wildman–Crippen LogP) is 3.48. The smallest absolute Gasteiger partial charge is 0.248 e. The van der Waals surface area contributed by atoms with Gasteiger partial charge in [0, 0.05) is 17.5 Å². The number of benzene rings is 1. The lowest BCUT2D eigenvalue weighted by Crippen LogP contribution is -2.14. The maximum absolute atomic E-state index is 5.52. The minimum absolute atomic E-state index is 0.0334. The number of rotatable bonds is 3. The van der Waals surface area contributed by atoms with Gasteiger partial charge in [-0.15, -0.1) is 0 Å². The first kappa shape index (κ1) is 13.9. The summed E-state index contributed by atoms with van der Waals surface area (Å²) >= 11 is 0. The Hall–Kier alpha value is -2.04. The van der Waals surface area contributed by atoms with Crippen LogP contribution in [-0.2, 0) is 11.8 Å². The van der Waals surface area contributed by atoms with Gasteiger partial charge in [0.05, 0.1) is 6.61 Å². The first-order valence-electron chi connectivity index (χ1n) is 7.30. The van der Waals surface area contributed by atoms with Crippen molar-refractivity contribution in [3.63, 3.8) is 0 Å². The van der Waals surface area contributed by atoms with E-state index in [2.05, 4.69) is 42.3 Å². The third kappa shape index (κ3) is 2.86. The molecule has 0 bridgehead atoms. The summed E-state index contributed by atoms with van der Waals surface area (Å²) in [6.07, 6.45) is 0.966. The van der Waals surface area contributed by atoms with Crippen molar-refractivity contribution in [2.24, 2.45) is 0 Å². The average molecular weight is 287 g/mol. The highest BCUT2D eigenvalue weighted by Gasteiger charge is 2.23. The number of hydrogen-bond acceptors (Lipinski definition) is 5. The largest absolute Gasteiger partial charge is 0.493 e. The first-order chi connectivity index (χ1) is 9.93. The van der Waals surface area contributed by atoms with E-state index in [1.807, 2.05) is 19.1 Å². The molecule has 112 valence electrons. The van der Waals surface area contributed by atoms with E-state index in [9.17, 15) is 0 Å². The van der Waals surface area contributed by atoms with Crippen molar-refractivity contribution in [3.05, 3.63) is 35.5 Å². The zero-order valence-corrected chi connectivity index (χ0v) is 12.9. The molecule has 1 aliphatic heterocycles. The van der Waals surface area contributed by atoms with E-state index >= 15 is 0 Å². The molecule has 0 radical (unpaired) electrons. The van der Waals surface area contributed by atoms with Gasteiger partial charge in [-0.05, 0) is 30.7 Å². The highest BCUT2D eigenvalue weighted by molar-refractivity contribution is 5.53. The number of nitrogens with one attached hydrogen (secondary N) is 1. The summed E-state index contributed by atoms with van der Waals surface area (Å²) in [6.45, 7) is 9.00. The maximum atomic E-state index is 5.52. The fraction of sp³-hybridized carbons (Fsp3) is 0.500. The van der Waals surface area contributed by atoms with Gasteiger partial charge in [-0.1, -0.05) is 25.9 Å². The zero-order chi connectivity index (χ0) is 15.0. The van der Waals surface area contributed by atoms with Gasteiger partial charge >= 0.3 is 0 Å². The van der Waals surface area contributed by atoms with Crippen molar-refractivity contribution in [2.75, 3.05) is 11.9 Å². The van der Waals surface area contributed by atoms with Crippen LogP contribution in [0.5, 0.6) is 5.75 Å². The van der Waals surface area contributed by atoms with E-state index < -0.39 is 0 Å². The second kappa shape index (κ2) is 5.06. The number of ether oxygens (including phenoxy) is 1. The minimum atomic E-state index is -0.105. The van der Waals surface area contributed by atoms with Crippen LogP contribution in [0.3, 0.4) is 0 Å². The van der Waals surface area contributed by atoms with Crippen LogP contribution < -0.4 is 10.1 Å². The van der Waals surface area contributed by atoms with Crippen molar-refractivity contribution in [1.29, 1.82) is 0 Å². The summed E-state index contributed by atoms with van der Waals surface area (Å²) in [5.41, 5.74) is 2.18. The number of hydrogen-bond donors (Lipinski definition) is 1. The van der Waals surface area contributed by atoms with Crippen LogP contribution in [0.2, 0.25) is 0 Å². The molecule has 0 fully saturated rings.